The Kier molecular flexibility index (Phi) is 19.6. The van der Waals surface area contributed by atoms with Crippen LogP contribution in [-0.2, 0) is 34.6 Å². The molecule has 48 heavy (non-hydrogen) atoms. The monoisotopic (exact) mass is 716 g/mol. The summed E-state index contributed by atoms with van der Waals surface area (Å²) in [5.41, 5.74) is 0.705. The summed E-state index contributed by atoms with van der Waals surface area (Å²) < 4.78 is 33.2. The predicted octanol–water partition coefficient (Wildman–Crippen LogP) is 1.97. The Hall–Kier alpha value is -3.57. The van der Waals surface area contributed by atoms with E-state index in [9.17, 15) is 32.4 Å². The Morgan fingerprint density at radius 3 is 2.10 bits per heavy atom. The Morgan fingerprint density at radius 1 is 0.854 bits per heavy atom. The lowest BCUT2D eigenvalue weighted by Gasteiger charge is -2.27. The third-order valence-corrected chi connectivity index (χ3v) is 9.79. The molecule has 0 saturated carbocycles. The topological polar surface area (TPSA) is 175 Å². The van der Waals surface area contributed by atoms with E-state index in [1.165, 1.54) is 28.8 Å². The lowest BCUT2D eigenvalue weighted by atomic mass is 10.1. The van der Waals surface area contributed by atoms with E-state index in [0.717, 1.165) is 17.0 Å². The van der Waals surface area contributed by atoms with Crippen LogP contribution in [0.25, 0.3) is 0 Å². The van der Waals surface area contributed by atoms with Crippen LogP contribution < -0.4 is 15.4 Å². The van der Waals surface area contributed by atoms with E-state index < -0.39 is 38.9 Å². The average Bonchev–Trinajstić information content (AvgIpc) is 3.03. The number of ether oxygens (including phenoxy) is 2. The van der Waals surface area contributed by atoms with Crippen molar-refractivity contribution in [3.05, 3.63) is 29.8 Å². The first kappa shape index (κ1) is 42.5. The lowest BCUT2D eigenvalue weighted by Crippen LogP contribution is -2.50. The summed E-state index contributed by atoms with van der Waals surface area (Å²) in [7, 11) is 7.77. The largest absolute Gasteiger partial charge is 0.445 e. The van der Waals surface area contributed by atoms with Crippen LogP contribution in [0.5, 0.6) is 5.75 Å². The van der Waals surface area contributed by atoms with Gasteiger partial charge in [0, 0.05) is 72.8 Å². The molecule has 2 N–H and O–H groups in total. The first-order valence-electron chi connectivity index (χ1n) is 15.7. The van der Waals surface area contributed by atoms with Gasteiger partial charge in [-0.3, -0.25) is 14.4 Å². The minimum absolute atomic E-state index is 0.0119. The van der Waals surface area contributed by atoms with Gasteiger partial charge < -0.3 is 39.7 Å². The van der Waals surface area contributed by atoms with Gasteiger partial charge in [-0.1, -0.05) is 18.6 Å². The van der Waals surface area contributed by atoms with Gasteiger partial charge in [-0.2, -0.15) is 0 Å². The van der Waals surface area contributed by atoms with Gasteiger partial charge in [-0.15, -0.1) is 0 Å². The highest BCUT2D eigenvalue weighted by atomic mass is 33.1. The number of nitrogens with one attached hydrogen (secondary N) is 2. The highest BCUT2D eigenvalue weighted by molar-refractivity contribution is 8.71. The highest BCUT2D eigenvalue weighted by Crippen LogP contribution is 2.16. The van der Waals surface area contributed by atoms with E-state index in [4.69, 9.17) is 9.47 Å². The van der Waals surface area contributed by atoms with Gasteiger partial charge in [0.05, 0.1) is 6.42 Å². The number of amides is 5. The Morgan fingerprint density at radius 2 is 1.50 bits per heavy atom. The van der Waals surface area contributed by atoms with Gasteiger partial charge in [-0.05, 0) is 61.8 Å². The molecular formula is C31H52N6O9S2. The predicted molar refractivity (Wildman–Crippen MR) is 185 cm³/mol. The minimum Gasteiger partial charge on any atom is -0.445 e. The Labute approximate surface area is 288 Å². The third kappa shape index (κ3) is 18.1. The van der Waals surface area contributed by atoms with Crippen molar-refractivity contribution in [2.75, 3.05) is 80.5 Å². The second kappa shape index (κ2) is 22.1. The number of hydrogen-bond donors (Lipinski definition) is 2. The molecule has 5 amide bonds. The molecule has 1 aromatic carbocycles. The molecule has 0 radical (unpaired) electrons. The summed E-state index contributed by atoms with van der Waals surface area (Å²) in [4.78, 5) is 68.6. The van der Waals surface area contributed by atoms with Crippen molar-refractivity contribution < 1.29 is 41.9 Å². The first-order chi connectivity index (χ1) is 22.5. The van der Waals surface area contributed by atoms with Crippen molar-refractivity contribution in [2.24, 2.45) is 0 Å². The van der Waals surface area contributed by atoms with E-state index in [2.05, 4.69) is 10.6 Å². The van der Waals surface area contributed by atoms with Gasteiger partial charge in [-0.25, -0.2) is 18.0 Å². The van der Waals surface area contributed by atoms with Crippen LogP contribution >= 0.6 is 10.8 Å². The summed E-state index contributed by atoms with van der Waals surface area (Å²) >= 11 is 0. The van der Waals surface area contributed by atoms with Crippen molar-refractivity contribution >= 4 is 49.6 Å². The zero-order valence-corrected chi connectivity index (χ0v) is 30.8. The first-order valence-corrected chi connectivity index (χ1v) is 19.1. The highest BCUT2D eigenvalue weighted by Gasteiger charge is 2.28. The quantitative estimate of drug-likeness (QED) is 0.141. The lowest BCUT2D eigenvalue weighted by molar-refractivity contribution is -0.141. The molecule has 1 aromatic rings. The summed E-state index contributed by atoms with van der Waals surface area (Å²) in [5.74, 6) is -0.359. The van der Waals surface area contributed by atoms with E-state index in [0.29, 0.717) is 55.8 Å². The van der Waals surface area contributed by atoms with Gasteiger partial charge in [0.25, 0.3) is 0 Å². The molecule has 15 nitrogen and oxygen atoms in total. The Bertz CT molecular complexity index is 1300. The SMILES string of the molecule is CNC(=O)C[C@@H](C(=O)NCCCN(C)C(=O)OCc1ccc(OC(=O)N(C)CCN(C)C)cc1)N(C)C(=O)CCCCCSS(C)(=O)=O. The number of likely N-dealkylation sites (N-methyl/N-ethyl adjacent to an activating group) is 3. The van der Waals surface area contributed by atoms with Crippen LogP contribution in [0.1, 0.15) is 44.1 Å². The van der Waals surface area contributed by atoms with Gasteiger partial charge in [0.15, 0.2) is 8.87 Å². The number of rotatable bonds is 21. The van der Waals surface area contributed by atoms with E-state index in [-0.39, 0.29) is 38.4 Å². The van der Waals surface area contributed by atoms with Crippen molar-refractivity contribution in [2.45, 2.75) is 51.2 Å². The maximum absolute atomic E-state index is 13.0. The number of nitrogens with zero attached hydrogens (tertiary/aromatic N) is 4. The Balaban J connectivity index is 2.48. The fourth-order valence-electron chi connectivity index (χ4n) is 4.06. The second-order valence-electron chi connectivity index (χ2n) is 11.6. The molecule has 1 rings (SSSR count). The molecule has 0 heterocycles. The van der Waals surface area contributed by atoms with Crippen LogP contribution in [0.15, 0.2) is 24.3 Å². The molecule has 1 atom stereocenters. The van der Waals surface area contributed by atoms with Gasteiger partial charge in [0.1, 0.15) is 18.4 Å². The van der Waals surface area contributed by atoms with Gasteiger partial charge >= 0.3 is 12.2 Å². The molecule has 0 aromatic heterocycles. The van der Waals surface area contributed by atoms with Crippen LogP contribution in [0, 0.1) is 0 Å². The smallest absolute Gasteiger partial charge is 0.415 e. The summed E-state index contributed by atoms with van der Waals surface area (Å²) in [5, 5.41) is 5.22. The molecular weight excluding hydrogens is 665 g/mol. The van der Waals surface area contributed by atoms with E-state index in [1.807, 2.05) is 19.0 Å². The van der Waals surface area contributed by atoms with Crippen LogP contribution in [0.3, 0.4) is 0 Å². The maximum Gasteiger partial charge on any atom is 0.415 e. The molecule has 0 aliphatic carbocycles. The fourth-order valence-corrected chi connectivity index (χ4v) is 5.95. The maximum atomic E-state index is 13.0. The zero-order valence-electron chi connectivity index (χ0n) is 29.2. The van der Waals surface area contributed by atoms with Crippen molar-refractivity contribution in [1.29, 1.82) is 0 Å². The van der Waals surface area contributed by atoms with E-state index in [1.54, 1.807) is 38.4 Å². The van der Waals surface area contributed by atoms with Crippen LogP contribution in [0.4, 0.5) is 9.59 Å². The summed E-state index contributed by atoms with van der Waals surface area (Å²) in [6.45, 7) is 1.72. The van der Waals surface area contributed by atoms with Crippen molar-refractivity contribution in [3.8, 4) is 5.75 Å². The number of unbranched alkanes of at least 4 members (excludes halogenated alkanes) is 2. The molecule has 0 unspecified atom stereocenters. The van der Waals surface area contributed by atoms with Gasteiger partial charge in [0.2, 0.25) is 17.7 Å². The number of carbonyl (C=O) groups is 5. The average molecular weight is 717 g/mol. The molecule has 0 aliphatic heterocycles. The molecule has 0 aliphatic rings. The number of benzene rings is 1. The number of hydrogen-bond acceptors (Lipinski definition) is 11. The minimum atomic E-state index is -3.10. The third-order valence-electron chi connectivity index (χ3n) is 7.12. The molecule has 0 saturated heterocycles. The van der Waals surface area contributed by atoms with E-state index >= 15 is 0 Å². The summed E-state index contributed by atoms with van der Waals surface area (Å²) in [6.07, 6.45) is 2.30. The fraction of sp³-hybridized carbons (Fsp3) is 0.645. The van der Waals surface area contributed by atoms with Crippen molar-refractivity contribution in [3.63, 3.8) is 0 Å². The molecule has 0 fully saturated rings. The molecule has 272 valence electrons. The van der Waals surface area contributed by atoms with Crippen LogP contribution in [0.2, 0.25) is 0 Å². The summed E-state index contributed by atoms with van der Waals surface area (Å²) in [6, 6.07) is 5.63. The molecule has 0 bridgehead atoms. The molecule has 0 spiro atoms. The van der Waals surface area contributed by atoms with Crippen LogP contribution in [-0.4, -0.2) is 144 Å². The second-order valence-corrected chi connectivity index (χ2v) is 16.2. The normalized spacial score (nSPS) is 11.8. The standard InChI is InChI=1S/C31H52N6O9S2/c1-32-27(38)22-26(37(6)28(39)12-9-8-10-21-47-48(7,43)44)29(40)33-17-11-18-35(4)30(41)45-23-24-13-15-25(16-14-24)46-31(42)36(5)20-19-34(2)3/h13-16,26H,8-12,17-23H2,1-7H3,(H,32,38)(H,33,40)/t26-/m0/s1. The number of carbonyl (C=O) groups excluding carboxylic acids is 5. The van der Waals surface area contributed by atoms with Crippen molar-refractivity contribution in [1.82, 2.24) is 30.2 Å². The zero-order chi connectivity index (χ0) is 36.3. The molecule has 17 heteroatoms.